The number of hydrogen-bond acceptors (Lipinski definition) is 4. The number of hydrogen-bond donors (Lipinski definition) is 2. The minimum atomic E-state index is -0.0252. The van der Waals surface area contributed by atoms with E-state index in [4.69, 9.17) is 5.73 Å². The van der Waals surface area contributed by atoms with Crippen molar-refractivity contribution in [2.75, 3.05) is 18.9 Å². The van der Waals surface area contributed by atoms with Crippen molar-refractivity contribution in [3.63, 3.8) is 0 Å². The van der Waals surface area contributed by atoms with Gasteiger partial charge < -0.3 is 15.7 Å². The summed E-state index contributed by atoms with van der Waals surface area (Å²) in [6.45, 7) is 0.782. The van der Waals surface area contributed by atoms with Crippen LogP contribution in [0.5, 0.6) is 0 Å². The van der Waals surface area contributed by atoms with Crippen molar-refractivity contribution in [3.05, 3.63) is 29.1 Å². The Morgan fingerprint density at radius 3 is 3.11 bits per heavy atom. The number of nitrogen functional groups attached to an aromatic ring is 1. The molecule has 5 heteroatoms. The van der Waals surface area contributed by atoms with Gasteiger partial charge in [0.25, 0.3) is 5.91 Å². The maximum absolute atomic E-state index is 12.5. The molecule has 2 aromatic rings. The molecule has 1 aromatic carbocycles. The average molecular weight is 276 g/mol. The highest BCUT2D eigenvalue weighted by Crippen LogP contribution is 2.30. The van der Waals surface area contributed by atoms with Gasteiger partial charge in [-0.1, -0.05) is 0 Å². The molecule has 1 aliphatic rings. The number of aliphatic hydroxyl groups is 1. The van der Waals surface area contributed by atoms with Gasteiger partial charge >= 0.3 is 0 Å². The molecule has 19 heavy (non-hydrogen) atoms. The first-order chi connectivity index (χ1) is 9.19. The highest BCUT2D eigenvalue weighted by molar-refractivity contribution is 7.20. The summed E-state index contributed by atoms with van der Waals surface area (Å²) in [5, 5.41) is 10.3. The SMILES string of the molecule is Nc1ccc2sc(C(=O)N3CCC[C@@H]3CO)cc2c1. The van der Waals surface area contributed by atoms with Crippen LogP contribution in [0.4, 0.5) is 5.69 Å². The molecule has 1 fully saturated rings. The molecule has 3 N–H and O–H groups in total. The molecule has 0 radical (unpaired) electrons. The summed E-state index contributed by atoms with van der Waals surface area (Å²) in [6, 6.07) is 7.54. The molecule has 2 heterocycles. The van der Waals surface area contributed by atoms with Gasteiger partial charge in [-0.25, -0.2) is 0 Å². The Labute approximate surface area is 115 Å². The fraction of sp³-hybridized carbons (Fsp3) is 0.357. The van der Waals surface area contributed by atoms with Crippen LogP contribution in [-0.2, 0) is 0 Å². The number of likely N-dealkylation sites (tertiary alicyclic amines) is 1. The Kier molecular flexibility index (Phi) is 3.16. The van der Waals surface area contributed by atoms with Crippen LogP contribution in [0, 0.1) is 0 Å². The minimum Gasteiger partial charge on any atom is -0.399 e. The van der Waals surface area contributed by atoms with E-state index in [1.165, 1.54) is 11.3 Å². The molecule has 3 rings (SSSR count). The van der Waals surface area contributed by atoms with Crippen molar-refractivity contribution in [2.45, 2.75) is 18.9 Å². The normalized spacial score (nSPS) is 19.2. The van der Waals surface area contributed by atoms with Gasteiger partial charge in [0, 0.05) is 16.9 Å². The van der Waals surface area contributed by atoms with Crippen molar-refractivity contribution in [1.82, 2.24) is 4.90 Å². The molecule has 0 bridgehead atoms. The second kappa shape index (κ2) is 4.83. The van der Waals surface area contributed by atoms with E-state index in [0.717, 1.165) is 34.3 Å². The summed E-state index contributed by atoms with van der Waals surface area (Å²) in [5.74, 6) is 0.0244. The zero-order chi connectivity index (χ0) is 13.4. The predicted octanol–water partition coefficient (Wildman–Crippen LogP) is 2.08. The molecule has 1 saturated heterocycles. The molecular weight excluding hydrogens is 260 g/mol. The number of fused-ring (bicyclic) bond motifs is 1. The quantitative estimate of drug-likeness (QED) is 0.825. The molecule has 0 saturated carbocycles. The maximum Gasteiger partial charge on any atom is 0.264 e. The number of rotatable bonds is 2. The van der Waals surface area contributed by atoms with Gasteiger partial charge in [0.05, 0.1) is 17.5 Å². The van der Waals surface area contributed by atoms with Crippen LogP contribution in [0.15, 0.2) is 24.3 Å². The summed E-state index contributed by atoms with van der Waals surface area (Å²) in [6.07, 6.45) is 1.86. The number of carbonyl (C=O) groups excluding carboxylic acids is 1. The fourth-order valence-electron chi connectivity index (χ4n) is 2.60. The fourth-order valence-corrected chi connectivity index (χ4v) is 3.60. The summed E-state index contributed by atoms with van der Waals surface area (Å²) in [4.78, 5) is 15.0. The van der Waals surface area contributed by atoms with Crippen molar-refractivity contribution in [1.29, 1.82) is 0 Å². The van der Waals surface area contributed by atoms with E-state index < -0.39 is 0 Å². The van der Waals surface area contributed by atoms with E-state index >= 15 is 0 Å². The van der Waals surface area contributed by atoms with Crippen molar-refractivity contribution in [3.8, 4) is 0 Å². The lowest BCUT2D eigenvalue weighted by molar-refractivity contribution is 0.0682. The van der Waals surface area contributed by atoms with Crippen molar-refractivity contribution in [2.24, 2.45) is 0 Å². The lowest BCUT2D eigenvalue weighted by Crippen LogP contribution is -2.37. The minimum absolute atomic E-state index is 0.0244. The van der Waals surface area contributed by atoms with Gasteiger partial charge in [-0.3, -0.25) is 4.79 Å². The number of benzene rings is 1. The van der Waals surface area contributed by atoms with E-state index in [9.17, 15) is 9.90 Å². The molecule has 0 spiro atoms. The topological polar surface area (TPSA) is 66.6 Å². The van der Waals surface area contributed by atoms with Gasteiger partial charge in [-0.15, -0.1) is 11.3 Å². The Morgan fingerprint density at radius 1 is 1.47 bits per heavy atom. The molecule has 1 aromatic heterocycles. The number of amides is 1. The molecule has 1 atom stereocenters. The molecule has 1 aliphatic heterocycles. The first-order valence-electron chi connectivity index (χ1n) is 6.40. The Balaban J connectivity index is 1.93. The lowest BCUT2D eigenvalue weighted by Gasteiger charge is -2.22. The van der Waals surface area contributed by atoms with Gasteiger partial charge in [0.2, 0.25) is 0 Å². The Hall–Kier alpha value is -1.59. The second-order valence-corrected chi connectivity index (χ2v) is 5.97. The van der Waals surface area contributed by atoms with Crippen molar-refractivity contribution >= 4 is 33.0 Å². The third-order valence-electron chi connectivity index (χ3n) is 3.60. The maximum atomic E-state index is 12.5. The Morgan fingerprint density at radius 2 is 2.32 bits per heavy atom. The zero-order valence-electron chi connectivity index (χ0n) is 10.5. The number of aliphatic hydroxyl groups excluding tert-OH is 1. The third kappa shape index (κ3) is 2.19. The van der Waals surface area contributed by atoms with Gasteiger partial charge in [0.15, 0.2) is 0 Å². The van der Waals surface area contributed by atoms with Crippen LogP contribution < -0.4 is 5.73 Å². The predicted molar refractivity (Wildman–Crippen MR) is 77.4 cm³/mol. The molecule has 0 aliphatic carbocycles. The highest BCUT2D eigenvalue weighted by atomic mass is 32.1. The largest absolute Gasteiger partial charge is 0.399 e. The summed E-state index contributed by atoms with van der Waals surface area (Å²) >= 11 is 1.49. The molecule has 0 unspecified atom stereocenters. The highest BCUT2D eigenvalue weighted by Gasteiger charge is 2.29. The Bertz CT molecular complexity index is 623. The van der Waals surface area contributed by atoms with E-state index in [1.54, 1.807) is 4.90 Å². The van der Waals surface area contributed by atoms with Gasteiger partial charge in [0.1, 0.15) is 0 Å². The van der Waals surface area contributed by atoms with Crippen LogP contribution in [0.3, 0.4) is 0 Å². The summed E-state index contributed by atoms with van der Waals surface area (Å²) in [7, 11) is 0. The third-order valence-corrected chi connectivity index (χ3v) is 4.70. The number of nitrogens with two attached hydrogens (primary N) is 1. The van der Waals surface area contributed by atoms with E-state index in [-0.39, 0.29) is 18.6 Å². The van der Waals surface area contributed by atoms with Gasteiger partial charge in [-0.05, 0) is 42.5 Å². The standard InChI is InChI=1S/C14H16N2O2S/c15-10-3-4-12-9(6-10)7-13(19-12)14(18)16-5-1-2-11(16)8-17/h3-4,6-7,11,17H,1-2,5,8,15H2/t11-/m1/s1. The zero-order valence-corrected chi connectivity index (χ0v) is 11.3. The number of nitrogens with zero attached hydrogens (tertiary/aromatic N) is 1. The summed E-state index contributed by atoms with van der Waals surface area (Å²) < 4.78 is 1.07. The van der Waals surface area contributed by atoms with Crippen LogP contribution in [0.2, 0.25) is 0 Å². The number of thiophene rings is 1. The van der Waals surface area contributed by atoms with E-state index in [2.05, 4.69) is 0 Å². The first kappa shape index (κ1) is 12.4. The van der Waals surface area contributed by atoms with Crippen molar-refractivity contribution < 1.29 is 9.90 Å². The second-order valence-electron chi connectivity index (χ2n) is 4.89. The summed E-state index contributed by atoms with van der Waals surface area (Å²) in [5.41, 5.74) is 6.46. The van der Waals surface area contributed by atoms with Crippen LogP contribution in [0.25, 0.3) is 10.1 Å². The van der Waals surface area contributed by atoms with Crippen LogP contribution >= 0.6 is 11.3 Å². The molecule has 4 nitrogen and oxygen atoms in total. The van der Waals surface area contributed by atoms with Crippen LogP contribution in [0.1, 0.15) is 22.5 Å². The molecule has 1 amide bonds. The average Bonchev–Trinajstić information content (AvgIpc) is 3.03. The molecule has 100 valence electrons. The van der Waals surface area contributed by atoms with E-state index in [1.807, 2.05) is 24.3 Å². The van der Waals surface area contributed by atoms with E-state index in [0.29, 0.717) is 5.69 Å². The monoisotopic (exact) mass is 276 g/mol. The lowest BCUT2D eigenvalue weighted by atomic mass is 10.2. The van der Waals surface area contributed by atoms with Gasteiger partial charge in [-0.2, -0.15) is 0 Å². The first-order valence-corrected chi connectivity index (χ1v) is 7.21. The molecular formula is C14H16N2O2S. The van der Waals surface area contributed by atoms with Crippen LogP contribution in [-0.4, -0.2) is 35.1 Å². The number of carbonyl (C=O) groups is 1. The smallest absolute Gasteiger partial charge is 0.264 e. The number of anilines is 1.